The normalized spacial score (nSPS) is 10.9. The first-order valence-corrected chi connectivity index (χ1v) is 7.08. The predicted octanol–water partition coefficient (Wildman–Crippen LogP) is 3.30. The summed E-state index contributed by atoms with van der Waals surface area (Å²) < 4.78 is 6.45. The molecule has 0 radical (unpaired) electrons. The molecule has 112 valence electrons. The first kappa shape index (κ1) is 16.1. The molecule has 0 saturated carbocycles. The molecule has 2 aromatic rings. The van der Waals surface area contributed by atoms with Gasteiger partial charge in [-0.2, -0.15) is 5.10 Å². The SMILES string of the molecule is COCCn1ncc(Cl)c1C(=O)c1cc(Cl)c(N)c(Cl)c1. The van der Waals surface area contributed by atoms with Crippen LogP contribution in [-0.2, 0) is 11.3 Å². The van der Waals surface area contributed by atoms with Gasteiger partial charge in [-0.15, -0.1) is 0 Å². The smallest absolute Gasteiger partial charge is 0.212 e. The average Bonchev–Trinajstić information content (AvgIpc) is 2.82. The summed E-state index contributed by atoms with van der Waals surface area (Å²) in [4.78, 5) is 12.6. The molecule has 1 aromatic heterocycles. The summed E-state index contributed by atoms with van der Waals surface area (Å²) >= 11 is 17.9. The van der Waals surface area contributed by atoms with E-state index in [0.29, 0.717) is 18.7 Å². The van der Waals surface area contributed by atoms with Crippen molar-refractivity contribution in [3.05, 3.63) is 44.7 Å². The first-order valence-electron chi connectivity index (χ1n) is 5.95. The molecule has 2 rings (SSSR count). The zero-order chi connectivity index (χ0) is 15.6. The lowest BCUT2D eigenvalue weighted by atomic mass is 10.1. The Morgan fingerprint density at radius 2 is 1.90 bits per heavy atom. The highest BCUT2D eigenvalue weighted by Gasteiger charge is 2.20. The standard InChI is InChI=1S/C13H12Cl3N3O2/c1-21-3-2-19-12(10(16)6-18-19)13(20)7-4-8(14)11(17)9(15)5-7/h4-6H,2-3,17H2,1H3. The number of nitrogens with zero attached hydrogens (tertiary/aromatic N) is 2. The Hall–Kier alpha value is -1.27. The van der Waals surface area contributed by atoms with Gasteiger partial charge in [-0.3, -0.25) is 9.48 Å². The summed E-state index contributed by atoms with van der Waals surface area (Å²) in [5.41, 5.74) is 6.44. The number of hydrogen-bond donors (Lipinski definition) is 1. The molecule has 8 heteroatoms. The Bertz CT molecular complexity index is 662. The number of halogens is 3. The van der Waals surface area contributed by atoms with E-state index in [1.54, 1.807) is 7.11 Å². The zero-order valence-electron chi connectivity index (χ0n) is 11.1. The Morgan fingerprint density at radius 1 is 1.29 bits per heavy atom. The summed E-state index contributed by atoms with van der Waals surface area (Å²) in [6.45, 7) is 0.808. The van der Waals surface area contributed by atoms with E-state index in [1.807, 2.05) is 0 Å². The van der Waals surface area contributed by atoms with Crippen molar-refractivity contribution in [3.8, 4) is 0 Å². The number of benzene rings is 1. The number of nitrogens with two attached hydrogens (primary N) is 1. The summed E-state index contributed by atoms with van der Waals surface area (Å²) in [5.74, 6) is -0.336. The number of rotatable bonds is 5. The van der Waals surface area contributed by atoms with Gasteiger partial charge >= 0.3 is 0 Å². The van der Waals surface area contributed by atoms with Crippen molar-refractivity contribution >= 4 is 46.3 Å². The molecule has 0 amide bonds. The number of ketones is 1. The van der Waals surface area contributed by atoms with Crippen LogP contribution in [-0.4, -0.2) is 29.3 Å². The summed E-state index contributed by atoms with van der Waals surface area (Å²) in [5, 5.41) is 4.73. The molecule has 0 aliphatic rings. The van der Waals surface area contributed by atoms with E-state index in [4.69, 9.17) is 45.3 Å². The maximum absolute atomic E-state index is 12.6. The molecule has 0 atom stereocenters. The van der Waals surface area contributed by atoms with Gasteiger partial charge in [-0.1, -0.05) is 34.8 Å². The van der Waals surface area contributed by atoms with E-state index in [9.17, 15) is 4.79 Å². The number of anilines is 1. The van der Waals surface area contributed by atoms with Gasteiger partial charge in [0.2, 0.25) is 5.78 Å². The van der Waals surface area contributed by atoms with E-state index in [0.717, 1.165) is 0 Å². The van der Waals surface area contributed by atoms with Gasteiger partial charge in [-0.05, 0) is 12.1 Å². The molecule has 5 nitrogen and oxygen atoms in total. The number of nitrogen functional groups attached to an aromatic ring is 1. The molecule has 2 N–H and O–H groups in total. The number of aromatic nitrogens is 2. The van der Waals surface area contributed by atoms with Gasteiger partial charge in [0, 0.05) is 12.7 Å². The van der Waals surface area contributed by atoms with Crippen LogP contribution in [0.25, 0.3) is 0 Å². The quantitative estimate of drug-likeness (QED) is 0.665. The minimum absolute atomic E-state index is 0.213. The number of carbonyl (C=O) groups excluding carboxylic acids is 1. The fourth-order valence-electron chi connectivity index (χ4n) is 1.79. The predicted molar refractivity (Wildman–Crippen MR) is 83.4 cm³/mol. The first-order chi connectivity index (χ1) is 9.95. The van der Waals surface area contributed by atoms with Crippen LogP contribution in [0.1, 0.15) is 16.1 Å². The number of methoxy groups -OCH3 is 1. The zero-order valence-corrected chi connectivity index (χ0v) is 13.3. The lowest BCUT2D eigenvalue weighted by Gasteiger charge is -2.09. The molecule has 0 fully saturated rings. The molecule has 0 aliphatic carbocycles. The Labute approximate surface area is 136 Å². The molecular formula is C13H12Cl3N3O2. The van der Waals surface area contributed by atoms with E-state index in [2.05, 4.69) is 5.10 Å². The third-order valence-corrected chi connectivity index (χ3v) is 3.76. The molecule has 0 saturated heterocycles. The third kappa shape index (κ3) is 3.32. The number of carbonyl (C=O) groups is 1. The minimum atomic E-state index is -0.336. The van der Waals surface area contributed by atoms with Gasteiger partial charge in [0.15, 0.2) is 0 Å². The van der Waals surface area contributed by atoms with Crippen molar-refractivity contribution in [2.45, 2.75) is 6.54 Å². The maximum Gasteiger partial charge on any atom is 0.212 e. The Kier molecular flexibility index (Phi) is 5.11. The highest BCUT2D eigenvalue weighted by molar-refractivity contribution is 6.40. The summed E-state index contributed by atoms with van der Waals surface area (Å²) in [6, 6.07) is 2.91. The second-order valence-corrected chi connectivity index (χ2v) is 5.46. The summed E-state index contributed by atoms with van der Waals surface area (Å²) in [7, 11) is 1.56. The molecule has 0 bridgehead atoms. The Balaban J connectivity index is 2.43. The minimum Gasteiger partial charge on any atom is -0.396 e. The fourth-order valence-corrected chi connectivity index (χ4v) is 2.50. The van der Waals surface area contributed by atoms with E-state index < -0.39 is 0 Å². The number of hydrogen-bond acceptors (Lipinski definition) is 4. The lowest BCUT2D eigenvalue weighted by Crippen LogP contribution is -2.15. The van der Waals surface area contributed by atoms with Crippen LogP contribution in [0.15, 0.2) is 18.3 Å². The van der Waals surface area contributed by atoms with Crippen LogP contribution >= 0.6 is 34.8 Å². The van der Waals surface area contributed by atoms with Crippen LogP contribution in [0.2, 0.25) is 15.1 Å². The molecule has 1 aromatic carbocycles. The molecular weight excluding hydrogens is 337 g/mol. The molecule has 21 heavy (non-hydrogen) atoms. The molecule has 0 spiro atoms. The van der Waals surface area contributed by atoms with Gasteiger partial charge in [-0.25, -0.2) is 0 Å². The van der Waals surface area contributed by atoms with Crippen LogP contribution in [0.5, 0.6) is 0 Å². The van der Waals surface area contributed by atoms with Gasteiger partial charge in [0.25, 0.3) is 0 Å². The van der Waals surface area contributed by atoms with Crippen LogP contribution in [0.4, 0.5) is 5.69 Å². The van der Waals surface area contributed by atoms with Crippen molar-refractivity contribution < 1.29 is 9.53 Å². The van der Waals surface area contributed by atoms with Crippen molar-refractivity contribution in [2.24, 2.45) is 0 Å². The maximum atomic E-state index is 12.6. The van der Waals surface area contributed by atoms with E-state index >= 15 is 0 Å². The van der Waals surface area contributed by atoms with Gasteiger partial charge in [0.05, 0.1) is 40.1 Å². The van der Waals surface area contributed by atoms with Crippen LogP contribution in [0, 0.1) is 0 Å². The lowest BCUT2D eigenvalue weighted by molar-refractivity contribution is 0.102. The van der Waals surface area contributed by atoms with Gasteiger partial charge < -0.3 is 10.5 Å². The average molecular weight is 349 g/mol. The van der Waals surface area contributed by atoms with Crippen molar-refractivity contribution in [3.63, 3.8) is 0 Å². The van der Waals surface area contributed by atoms with Crippen molar-refractivity contribution in [1.29, 1.82) is 0 Å². The fraction of sp³-hybridized carbons (Fsp3) is 0.231. The van der Waals surface area contributed by atoms with Crippen LogP contribution in [0.3, 0.4) is 0 Å². The van der Waals surface area contributed by atoms with Crippen molar-refractivity contribution in [2.75, 3.05) is 19.5 Å². The highest BCUT2D eigenvalue weighted by atomic mass is 35.5. The topological polar surface area (TPSA) is 70.1 Å². The Morgan fingerprint density at radius 3 is 2.48 bits per heavy atom. The largest absolute Gasteiger partial charge is 0.396 e. The van der Waals surface area contributed by atoms with E-state index in [1.165, 1.54) is 23.0 Å². The van der Waals surface area contributed by atoms with E-state index in [-0.39, 0.29) is 32.2 Å². The number of ether oxygens (including phenoxy) is 1. The van der Waals surface area contributed by atoms with Crippen LogP contribution < -0.4 is 5.73 Å². The molecule has 1 heterocycles. The second-order valence-electron chi connectivity index (χ2n) is 4.24. The van der Waals surface area contributed by atoms with Gasteiger partial charge in [0.1, 0.15) is 5.69 Å². The summed E-state index contributed by atoms with van der Waals surface area (Å²) in [6.07, 6.45) is 1.41. The molecule has 0 unspecified atom stereocenters. The third-order valence-electron chi connectivity index (χ3n) is 2.86. The van der Waals surface area contributed by atoms with Crippen molar-refractivity contribution in [1.82, 2.24) is 9.78 Å². The highest BCUT2D eigenvalue weighted by Crippen LogP contribution is 2.30. The second kappa shape index (κ2) is 6.66. The molecule has 0 aliphatic heterocycles. The monoisotopic (exact) mass is 347 g/mol.